The molecule has 88 valence electrons. The molecule has 1 aromatic carbocycles. The second-order valence-electron chi connectivity index (χ2n) is 4.82. The molecule has 0 saturated heterocycles. The van der Waals surface area contributed by atoms with E-state index < -0.39 is 11.6 Å². The molecule has 0 unspecified atom stereocenters. The molecule has 1 aliphatic rings. The summed E-state index contributed by atoms with van der Waals surface area (Å²) in [5, 5.41) is 3.28. The van der Waals surface area contributed by atoms with Crippen LogP contribution in [0.4, 0.5) is 8.78 Å². The van der Waals surface area contributed by atoms with E-state index in [9.17, 15) is 8.78 Å². The first kappa shape index (κ1) is 11.5. The minimum atomic E-state index is -0.464. The summed E-state index contributed by atoms with van der Waals surface area (Å²) in [5.74, 6) is -0.928. The Hall–Kier alpha value is -0.960. The molecule has 1 nitrogen and oxygen atoms in total. The molecule has 0 bridgehead atoms. The van der Waals surface area contributed by atoms with Crippen LogP contribution >= 0.6 is 0 Å². The molecule has 16 heavy (non-hydrogen) atoms. The summed E-state index contributed by atoms with van der Waals surface area (Å²) in [6, 6.07) is 4.00. The number of hydrogen-bond donors (Lipinski definition) is 1. The van der Waals surface area contributed by atoms with E-state index in [2.05, 4.69) is 12.2 Å². The van der Waals surface area contributed by atoms with Gasteiger partial charge in [0, 0.05) is 17.6 Å². The van der Waals surface area contributed by atoms with Gasteiger partial charge in [0.1, 0.15) is 11.6 Å². The first-order chi connectivity index (χ1) is 7.61. The van der Waals surface area contributed by atoms with Gasteiger partial charge < -0.3 is 5.32 Å². The van der Waals surface area contributed by atoms with Crippen molar-refractivity contribution in [1.29, 1.82) is 0 Å². The van der Waals surface area contributed by atoms with Crippen LogP contribution in [-0.2, 0) is 6.54 Å². The van der Waals surface area contributed by atoms with Gasteiger partial charge in [-0.05, 0) is 31.9 Å². The van der Waals surface area contributed by atoms with Gasteiger partial charge in [-0.3, -0.25) is 0 Å². The maximum absolute atomic E-state index is 13.4. The molecule has 0 heterocycles. The Labute approximate surface area is 94.9 Å². The van der Waals surface area contributed by atoms with E-state index in [1.807, 2.05) is 0 Å². The number of halogens is 2. The Kier molecular flexibility index (Phi) is 3.24. The summed E-state index contributed by atoms with van der Waals surface area (Å²) in [6.45, 7) is 2.40. The van der Waals surface area contributed by atoms with Crippen molar-refractivity contribution in [1.82, 2.24) is 5.32 Å². The fourth-order valence-corrected chi connectivity index (χ4v) is 2.34. The summed E-state index contributed by atoms with van der Waals surface area (Å²) in [5.41, 5.74) is 0.199. The van der Waals surface area contributed by atoms with Gasteiger partial charge in [-0.2, -0.15) is 0 Å². The van der Waals surface area contributed by atoms with Gasteiger partial charge in [-0.15, -0.1) is 0 Å². The van der Waals surface area contributed by atoms with Crippen molar-refractivity contribution in [2.24, 2.45) is 0 Å². The molecular weight excluding hydrogens is 208 g/mol. The fourth-order valence-electron chi connectivity index (χ4n) is 2.34. The van der Waals surface area contributed by atoms with Crippen LogP contribution in [0.2, 0.25) is 0 Å². The van der Waals surface area contributed by atoms with Crippen LogP contribution in [0.5, 0.6) is 0 Å². The lowest BCUT2D eigenvalue weighted by molar-refractivity contribution is 0.355. The van der Waals surface area contributed by atoms with Crippen molar-refractivity contribution < 1.29 is 8.78 Å². The van der Waals surface area contributed by atoms with Crippen LogP contribution < -0.4 is 5.32 Å². The number of rotatable bonds is 3. The molecule has 1 N–H and O–H groups in total. The molecule has 0 spiro atoms. The third-order valence-electron chi connectivity index (χ3n) is 3.46. The highest BCUT2D eigenvalue weighted by Crippen LogP contribution is 2.29. The van der Waals surface area contributed by atoms with E-state index in [1.165, 1.54) is 31.0 Å². The van der Waals surface area contributed by atoms with E-state index in [-0.39, 0.29) is 17.6 Å². The second kappa shape index (κ2) is 4.50. The number of nitrogens with one attached hydrogen (secondary N) is 1. The molecule has 2 rings (SSSR count). The molecule has 0 amide bonds. The SMILES string of the molecule is CC1(NCc2c(F)cccc2F)CCCC1. The third kappa shape index (κ3) is 2.40. The monoisotopic (exact) mass is 225 g/mol. The predicted octanol–water partition coefficient (Wildman–Crippen LogP) is 3.39. The van der Waals surface area contributed by atoms with Gasteiger partial charge in [0.15, 0.2) is 0 Å². The lowest BCUT2D eigenvalue weighted by Gasteiger charge is -2.25. The van der Waals surface area contributed by atoms with Crippen molar-refractivity contribution in [2.45, 2.75) is 44.7 Å². The first-order valence-electron chi connectivity index (χ1n) is 5.79. The lowest BCUT2D eigenvalue weighted by Crippen LogP contribution is -2.39. The average Bonchev–Trinajstić information content (AvgIpc) is 2.65. The average molecular weight is 225 g/mol. The van der Waals surface area contributed by atoms with E-state index in [4.69, 9.17) is 0 Å². The van der Waals surface area contributed by atoms with Crippen molar-refractivity contribution in [3.05, 3.63) is 35.4 Å². The molecule has 0 radical (unpaired) electrons. The molecule has 1 saturated carbocycles. The molecular formula is C13H17F2N. The summed E-state index contributed by atoms with van der Waals surface area (Å²) < 4.78 is 26.7. The number of benzene rings is 1. The topological polar surface area (TPSA) is 12.0 Å². The Balaban J connectivity index is 2.04. The molecule has 1 fully saturated rings. The highest BCUT2D eigenvalue weighted by molar-refractivity contribution is 5.19. The highest BCUT2D eigenvalue weighted by Gasteiger charge is 2.28. The van der Waals surface area contributed by atoms with Crippen LogP contribution in [0.25, 0.3) is 0 Å². The Morgan fingerprint density at radius 2 is 1.75 bits per heavy atom. The van der Waals surface area contributed by atoms with Crippen LogP contribution in [-0.4, -0.2) is 5.54 Å². The summed E-state index contributed by atoms with van der Waals surface area (Å²) in [6.07, 6.45) is 4.57. The van der Waals surface area contributed by atoms with Crippen molar-refractivity contribution in [3.8, 4) is 0 Å². The quantitative estimate of drug-likeness (QED) is 0.831. The maximum atomic E-state index is 13.4. The normalized spacial score (nSPS) is 18.9. The lowest BCUT2D eigenvalue weighted by atomic mass is 10.00. The smallest absolute Gasteiger partial charge is 0.130 e. The van der Waals surface area contributed by atoms with Crippen LogP contribution in [0, 0.1) is 11.6 Å². The minimum absolute atomic E-state index is 0.0503. The van der Waals surface area contributed by atoms with Crippen LogP contribution in [0.3, 0.4) is 0 Å². The van der Waals surface area contributed by atoms with E-state index >= 15 is 0 Å². The first-order valence-corrected chi connectivity index (χ1v) is 5.79. The molecule has 0 aromatic heterocycles. The predicted molar refractivity (Wildman–Crippen MR) is 60.1 cm³/mol. The van der Waals surface area contributed by atoms with Gasteiger partial charge in [0.2, 0.25) is 0 Å². The minimum Gasteiger partial charge on any atom is -0.307 e. The summed E-state index contributed by atoms with van der Waals surface area (Å²) >= 11 is 0. The highest BCUT2D eigenvalue weighted by atomic mass is 19.1. The van der Waals surface area contributed by atoms with Crippen molar-refractivity contribution >= 4 is 0 Å². The fraction of sp³-hybridized carbons (Fsp3) is 0.538. The Morgan fingerprint density at radius 1 is 1.19 bits per heavy atom. The van der Waals surface area contributed by atoms with Crippen LogP contribution in [0.15, 0.2) is 18.2 Å². The standard InChI is InChI=1S/C13H17F2N/c1-13(7-2-3-8-13)16-9-10-11(14)5-4-6-12(10)15/h4-6,16H,2-3,7-9H2,1H3. The zero-order chi connectivity index (χ0) is 11.6. The maximum Gasteiger partial charge on any atom is 0.130 e. The number of hydrogen-bond acceptors (Lipinski definition) is 1. The van der Waals surface area contributed by atoms with Gasteiger partial charge in [-0.25, -0.2) is 8.78 Å². The van der Waals surface area contributed by atoms with E-state index in [0.29, 0.717) is 0 Å². The largest absolute Gasteiger partial charge is 0.307 e. The zero-order valence-electron chi connectivity index (χ0n) is 9.52. The van der Waals surface area contributed by atoms with Crippen molar-refractivity contribution in [3.63, 3.8) is 0 Å². The Bertz CT molecular complexity index is 350. The van der Waals surface area contributed by atoms with Gasteiger partial charge in [0.25, 0.3) is 0 Å². The molecule has 0 atom stereocenters. The second-order valence-corrected chi connectivity index (χ2v) is 4.82. The van der Waals surface area contributed by atoms with Crippen LogP contribution in [0.1, 0.15) is 38.2 Å². The van der Waals surface area contributed by atoms with Gasteiger partial charge >= 0.3 is 0 Å². The van der Waals surface area contributed by atoms with Gasteiger partial charge in [0.05, 0.1) is 0 Å². The Morgan fingerprint density at radius 3 is 2.31 bits per heavy atom. The molecule has 0 aliphatic heterocycles. The van der Waals surface area contributed by atoms with Crippen molar-refractivity contribution in [2.75, 3.05) is 0 Å². The molecule has 1 aromatic rings. The van der Waals surface area contributed by atoms with Gasteiger partial charge in [-0.1, -0.05) is 18.9 Å². The zero-order valence-corrected chi connectivity index (χ0v) is 9.52. The third-order valence-corrected chi connectivity index (χ3v) is 3.46. The summed E-state index contributed by atoms with van der Waals surface area (Å²) in [7, 11) is 0. The van der Waals surface area contributed by atoms with E-state index in [0.717, 1.165) is 12.8 Å². The van der Waals surface area contributed by atoms with E-state index in [1.54, 1.807) is 0 Å². The molecule has 1 aliphatic carbocycles. The summed E-state index contributed by atoms with van der Waals surface area (Å²) in [4.78, 5) is 0. The molecule has 3 heteroatoms.